The highest BCUT2D eigenvalue weighted by Crippen LogP contribution is 2.30. The fraction of sp³-hybridized carbons (Fsp3) is 0.300. The van der Waals surface area contributed by atoms with Gasteiger partial charge in [0.1, 0.15) is 23.2 Å². The van der Waals surface area contributed by atoms with Gasteiger partial charge in [-0.2, -0.15) is 13.2 Å². The number of halogens is 5. The van der Waals surface area contributed by atoms with Gasteiger partial charge in [0.05, 0.1) is 11.1 Å². The number of carbonyl (C=O) groups excluding carboxylic acids is 1. The van der Waals surface area contributed by atoms with E-state index in [1.165, 1.54) is 18.5 Å². The molecule has 4 N–H and O–H groups in total. The van der Waals surface area contributed by atoms with E-state index in [1.54, 1.807) is 38.4 Å². The number of hydrogen-bond donors (Lipinski definition) is 3. The zero-order valence-corrected chi connectivity index (χ0v) is 24.6. The molecule has 15 heteroatoms. The van der Waals surface area contributed by atoms with E-state index in [2.05, 4.69) is 4.98 Å². The van der Waals surface area contributed by atoms with Crippen LogP contribution < -0.4 is 22.3 Å². The number of anilines is 1. The second kappa shape index (κ2) is 13.7. The number of carboxylic acid groups (broad SMARTS) is 1. The normalized spacial score (nSPS) is 11.9. The number of alkyl halides is 3. The van der Waals surface area contributed by atoms with Crippen LogP contribution in [0.15, 0.2) is 52.2 Å². The minimum atomic E-state index is -4.55. The van der Waals surface area contributed by atoms with Crippen LogP contribution in [0.2, 0.25) is 0 Å². The van der Waals surface area contributed by atoms with Crippen molar-refractivity contribution in [3.63, 3.8) is 0 Å². The Morgan fingerprint density at radius 2 is 1.69 bits per heavy atom. The van der Waals surface area contributed by atoms with Crippen LogP contribution in [0.5, 0.6) is 0 Å². The van der Waals surface area contributed by atoms with Crippen molar-refractivity contribution in [1.82, 2.24) is 14.1 Å². The van der Waals surface area contributed by atoms with Gasteiger partial charge in [0, 0.05) is 43.5 Å². The highest BCUT2D eigenvalue weighted by atomic mass is 19.4. The van der Waals surface area contributed by atoms with Crippen LogP contribution in [0.25, 0.3) is 22.0 Å². The Balaban J connectivity index is 0.000000259. The van der Waals surface area contributed by atoms with Gasteiger partial charge in [-0.3, -0.25) is 23.9 Å². The lowest BCUT2D eigenvalue weighted by atomic mass is 9.96. The van der Waals surface area contributed by atoms with Crippen molar-refractivity contribution in [1.29, 1.82) is 0 Å². The molecule has 4 aromatic rings. The van der Waals surface area contributed by atoms with Crippen LogP contribution in [-0.2, 0) is 25.3 Å². The first-order valence-corrected chi connectivity index (χ1v) is 13.5. The lowest BCUT2D eigenvalue weighted by Gasteiger charge is -2.21. The van der Waals surface area contributed by atoms with Crippen molar-refractivity contribution in [2.75, 3.05) is 5.32 Å². The molecule has 0 fully saturated rings. The molecule has 2 heterocycles. The van der Waals surface area contributed by atoms with Crippen molar-refractivity contribution in [3.05, 3.63) is 91.9 Å². The van der Waals surface area contributed by atoms with Gasteiger partial charge >= 0.3 is 17.8 Å². The topological polar surface area (TPSA) is 149 Å². The Morgan fingerprint density at radius 1 is 1.07 bits per heavy atom. The van der Waals surface area contributed by atoms with Gasteiger partial charge in [-0.05, 0) is 49.1 Å². The molecular weight excluding hydrogens is 605 g/mol. The molecule has 1 unspecified atom stereocenters. The fourth-order valence-electron chi connectivity index (χ4n) is 4.66. The fourth-order valence-corrected chi connectivity index (χ4v) is 4.66. The first-order chi connectivity index (χ1) is 21.0. The average molecular weight is 636 g/mol. The number of fused-ring (bicyclic) bond motifs is 1. The van der Waals surface area contributed by atoms with E-state index in [1.807, 2.05) is 11.4 Å². The zero-order chi connectivity index (χ0) is 33.8. The van der Waals surface area contributed by atoms with Gasteiger partial charge in [0.25, 0.3) is 11.5 Å². The molecule has 0 bridgehead atoms. The van der Waals surface area contributed by atoms with Crippen LogP contribution in [-0.4, -0.2) is 43.3 Å². The first kappa shape index (κ1) is 34.4. The Bertz CT molecular complexity index is 1860. The number of aliphatic carboxylic acids is 1. The Labute approximate surface area is 252 Å². The summed E-state index contributed by atoms with van der Waals surface area (Å²) in [7, 11) is 3.08. The number of aryl methyl sites for hydroxylation is 1. The maximum absolute atomic E-state index is 13.4. The largest absolute Gasteiger partial charge is 0.481 e. The summed E-state index contributed by atoms with van der Waals surface area (Å²) in [6.45, 7) is 3.01. The number of hydrogen-bond acceptors (Lipinski definition) is 6. The molecule has 240 valence electrons. The van der Waals surface area contributed by atoms with Crippen molar-refractivity contribution >= 4 is 28.5 Å². The minimum Gasteiger partial charge on any atom is -0.481 e. The molecular formula is C30H30F5N5O5. The summed E-state index contributed by atoms with van der Waals surface area (Å²) in [6, 6.07) is 6.48. The molecule has 0 saturated carbocycles. The zero-order valence-electron chi connectivity index (χ0n) is 24.6. The molecule has 10 nitrogen and oxygen atoms in total. The maximum Gasteiger partial charge on any atom is 0.408 e. The summed E-state index contributed by atoms with van der Waals surface area (Å²) in [6.07, 6.45) is -2.87. The molecule has 0 radical (unpaired) electrons. The third-order valence-corrected chi connectivity index (χ3v) is 7.12. The Morgan fingerprint density at radius 3 is 2.22 bits per heavy atom. The number of carboxylic acids is 1. The summed E-state index contributed by atoms with van der Waals surface area (Å²) in [5.41, 5.74) is 5.78. The summed E-state index contributed by atoms with van der Waals surface area (Å²) in [4.78, 5) is 50.9. The third-order valence-electron chi connectivity index (χ3n) is 7.12. The van der Waals surface area contributed by atoms with Gasteiger partial charge in [0.15, 0.2) is 0 Å². The molecule has 0 saturated heterocycles. The second-order valence-electron chi connectivity index (χ2n) is 10.1. The van der Waals surface area contributed by atoms with Gasteiger partial charge in [-0.15, -0.1) is 0 Å². The molecule has 2 aromatic carbocycles. The number of benzene rings is 2. The van der Waals surface area contributed by atoms with Crippen molar-refractivity contribution < 1.29 is 36.6 Å². The highest BCUT2D eigenvalue weighted by molar-refractivity contribution is 5.97. The predicted octanol–water partition coefficient (Wildman–Crippen LogP) is 4.44. The van der Waals surface area contributed by atoms with Gasteiger partial charge < -0.3 is 20.7 Å². The van der Waals surface area contributed by atoms with E-state index in [-0.39, 0.29) is 24.1 Å². The minimum absolute atomic E-state index is 0.00561. The smallest absolute Gasteiger partial charge is 0.408 e. The van der Waals surface area contributed by atoms with Crippen LogP contribution in [0, 0.1) is 18.6 Å². The molecule has 1 amide bonds. The standard InChI is InChI=1S/C19H19N3O4.C11H11F5N2O/c1-11-16(18(25)22(3)19(26)21(11)2)13-8-6-12(7-9-15(23)24)17-14(13)5-4-10-20-17;1-2-8(11(14,15)16)18-5-3-6(12)9(10(17)19)7(13)4-5/h4-6,8,10H,7,9H2,1-3H3,(H,23,24);3-4,8,18H,2H2,1H3,(H2,17,19). The van der Waals surface area contributed by atoms with E-state index in [9.17, 15) is 41.1 Å². The lowest BCUT2D eigenvalue weighted by molar-refractivity contribution is -0.143. The molecule has 2 aromatic heterocycles. The number of nitrogens with zero attached hydrogens (tertiary/aromatic N) is 3. The maximum atomic E-state index is 13.4. The number of carbonyl (C=O) groups is 2. The van der Waals surface area contributed by atoms with Crippen LogP contribution >= 0.6 is 0 Å². The van der Waals surface area contributed by atoms with Crippen LogP contribution in [0.4, 0.5) is 27.6 Å². The molecule has 0 aliphatic rings. The SMILES string of the molecule is CCC(Nc1cc(F)c(C(N)=O)c(F)c1)C(F)(F)F.Cc1c(-c2ccc(CCC(=O)O)c3ncccc23)c(=O)n(C)c(=O)n1C. The van der Waals surface area contributed by atoms with Crippen molar-refractivity contribution in [3.8, 4) is 11.1 Å². The molecule has 45 heavy (non-hydrogen) atoms. The Kier molecular flexibility index (Phi) is 10.5. The predicted molar refractivity (Wildman–Crippen MR) is 157 cm³/mol. The number of pyridine rings is 1. The quantitative estimate of drug-likeness (QED) is 0.242. The molecule has 4 rings (SSSR count). The number of amides is 1. The highest BCUT2D eigenvalue weighted by Gasteiger charge is 2.38. The molecule has 0 aliphatic heterocycles. The van der Waals surface area contributed by atoms with Gasteiger partial charge in [0.2, 0.25) is 0 Å². The number of nitrogens with one attached hydrogen (secondary N) is 1. The van der Waals surface area contributed by atoms with E-state index in [0.29, 0.717) is 40.9 Å². The van der Waals surface area contributed by atoms with E-state index in [0.717, 1.165) is 15.5 Å². The number of aromatic nitrogens is 3. The first-order valence-electron chi connectivity index (χ1n) is 13.5. The summed E-state index contributed by atoms with van der Waals surface area (Å²) < 4.78 is 66.7. The average Bonchev–Trinajstić information content (AvgIpc) is 2.96. The third kappa shape index (κ3) is 7.53. The van der Waals surface area contributed by atoms with E-state index >= 15 is 0 Å². The van der Waals surface area contributed by atoms with Gasteiger partial charge in [-0.1, -0.05) is 25.1 Å². The second-order valence-corrected chi connectivity index (χ2v) is 10.1. The number of rotatable bonds is 8. The monoisotopic (exact) mass is 635 g/mol. The molecule has 0 aliphatic carbocycles. The molecule has 0 spiro atoms. The number of nitrogens with two attached hydrogens (primary N) is 1. The van der Waals surface area contributed by atoms with Crippen molar-refractivity contribution in [2.24, 2.45) is 19.8 Å². The number of primary amides is 1. The summed E-state index contributed by atoms with van der Waals surface area (Å²) in [5.74, 6) is -4.83. The van der Waals surface area contributed by atoms with Crippen molar-refractivity contribution in [2.45, 2.75) is 45.3 Å². The lowest BCUT2D eigenvalue weighted by Crippen LogP contribution is -2.39. The van der Waals surface area contributed by atoms with Gasteiger partial charge in [-0.25, -0.2) is 13.6 Å². The molecule has 1 atom stereocenters. The van der Waals surface area contributed by atoms with E-state index in [4.69, 9.17) is 10.8 Å². The van der Waals surface area contributed by atoms with Crippen LogP contribution in [0.1, 0.15) is 41.4 Å². The van der Waals surface area contributed by atoms with Crippen LogP contribution in [0.3, 0.4) is 0 Å². The summed E-state index contributed by atoms with van der Waals surface area (Å²) in [5, 5.41) is 11.7. The summed E-state index contributed by atoms with van der Waals surface area (Å²) >= 11 is 0. The van der Waals surface area contributed by atoms with E-state index < -0.39 is 47.0 Å². The Hall–Kier alpha value is -5.08.